The minimum Gasteiger partial charge on any atom is -0.447 e. The third-order valence-electron chi connectivity index (χ3n) is 2.20. The molecule has 0 bridgehead atoms. The van der Waals surface area contributed by atoms with Crippen LogP contribution in [-0.2, 0) is 4.74 Å². The maximum atomic E-state index is 11.6. The molecule has 5 nitrogen and oxygen atoms in total. The lowest BCUT2D eigenvalue weighted by Crippen LogP contribution is -2.42. The lowest BCUT2D eigenvalue weighted by molar-refractivity contribution is 0.130. The summed E-state index contributed by atoms with van der Waals surface area (Å²) in [6.07, 6.45) is -0.632. The van der Waals surface area contributed by atoms with E-state index in [0.29, 0.717) is 10.8 Å². The van der Waals surface area contributed by atoms with E-state index in [1.165, 1.54) is 0 Å². The van der Waals surface area contributed by atoms with Crippen LogP contribution in [0.2, 0.25) is 0 Å². The summed E-state index contributed by atoms with van der Waals surface area (Å²) in [6.45, 7) is 9.69. The zero-order valence-electron chi connectivity index (χ0n) is 13.1. The molecule has 0 heterocycles. The normalized spacial score (nSPS) is 11.0. The first-order valence-corrected chi connectivity index (χ1v) is 7.23. The van der Waals surface area contributed by atoms with E-state index < -0.39 is 6.09 Å². The molecule has 116 valence electrons. The van der Waals surface area contributed by atoms with Crippen molar-refractivity contribution in [3.05, 3.63) is 24.3 Å². The number of rotatable bonds is 3. The number of carbonyl (C=O) groups excluding carboxylic acids is 1. The summed E-state index contributed by atoms with van der Waals surface area (Å²) in [7, 11) is 0. The average molecular weight is 309 g/mol. The van der Waals surface area contributed by atoms with Crippen LogP contribution in [0, 0.1) is 0 Å². The van der Waals surface area contributed by atoms with E-state index in [1.807, 2.05) is 32.9 Å². The van der Waals surface area contributed by atoms with Crippen LogP contribution in [-0.4, -0.2) is 22.8 Å². The third kappa shape index (κ3) is 7.51. The van der Waals surface area contributed by atoms with E-state index in [2.05, 4.69) is 16.0 Å². The SMILES string of the molecule is CC(C)OC(=O)Nc1cccc(NC(=S)NC(C)(C)C)c1. The van der Waals surface area contributed by atoms with Gasteiger partial charge in [-0.25, -0.2) is 4.79 Å². The second-order valence-electron chi connectivity index (χ2n) is 5.99. The number of benzene rings is 1. The second-order valence-corrected chi connectivity index (χ2v) is 6.40. The second kappa shape index (κ2) is 7.26. The molecule has 1 aromatic rings. The first-order chi connectivity index (χ1) is 9.65. The van der Waals surface area contributed by atoms with Crippen molar-refractivity contribution in [1.82, 2.24) is 5.32 Å². The number of nitrogens with one attached hydrogen (secondary N) is 3. The van der Waals surface area contributed by atoms with Gasteiger partial charge in [0.25, 0.3) is 0 Å². The van der Waals surface area contributed by atoms with E-state index in [1.54, 1.807) is 26.0 Å². The number of ether oxygens (including phenoxy) is 1. The van der Waals surface area contributed by atoms with Gasteiger partial charge in [0.15, 0.2) is 5.11 Å². The summed E-state index contributed by atoms with van der Waals surface area (Å²) < 4.78 is 5.03. The average Bonchev–Trinajstić information content (AvgIpc) is 2.24. The van der Waals surface area contributed by atoms with Crippen LogP contribution in [0.15, 0.2) is 24.3 Å². The van der Waals surface area contributed by atoms with Crippen LogP contribution in [0.25, 0.3) is 0 Å². The molecule has 0 aliphatic carbocycles. The maximum absolute atomic E-state index is 11.6. The third-order valence-corrected chi connectivity index (χ3v) is 2.40. The summed E-state index contributed by atoms with van der Waals surface area (Å²) in [4.78, 5) is 11.6. The molecule has 0 spiro atoms. The van der Waals surface area contributed by atoms with Crippen molar-refractivity contribution in [3.63, 3.8) is 0 Å². The molecule has 3 N–H and O–H groups in total. The van der Waals surface area contributed by atoms with Crippen LogP contribution in [0.5, 0.6) is 0 Å². The van der Waals surface area contributed by atoms with Crippen molar-refractivity contribution in [2.24, 2.45) is 0 Å². The predicted molar refractivity (Wildman–Crippen MR) is 90.8 cm³/mol. The Balaban J connectivity index is 2.64. The number of amides is 1. The maximum Gasteiger partial charge on any atom is 0.411 e. The molecule has 0 aliphatic heterocycles. The molecule has 6 heteroatoms. The van der Waals surface area contributed by atoms with Crippen molar-refractivity contribution >= 4 is 34.8 Å². The van der Waals surface area contributed by atoms with Gasteiger partial charge in [-0.3, -0.25) is 5.32 Å². The minimum absolute atomic E-state index is 0.110. The Labute approximate surface area is 131 Å². The monoisotopic (exact) mass is 309 g/mol. The lowest BCUT2D eigenvalue weighted by atomic mass is 10.1. The van der Waals surface area contributed by atoms with Crippen molar-refractivity contribution < 1.29 is 9.53 Å². The van der Waals surface area contributed by atoms with Gasteiger partial charge in [0.1, 0.15) is 0 Å². The summed E-state index contributed by atoms with van der Waals surface area (Å²) in [6, 6.07) is 7.27. The molecular formula is C15H23N3O2S. The van der Waals surface area contributed by atoms with Crippen LogP contribution < -0.4 is 16.0 Å². The topological polar surface area (TPSA) is 62.4 Å². The highest BCUT2D eigenvalue weighted by molar-refractivity contribution is 7.80. The molecule has 0 atom stereocenters. The van der Waals surface area contributed by atoms with E-state index in [4.69, 9.17) is 17.0 Å². The van der Waals surface area contributed by atoms with Gasteiger partial charge in [-0.05, 0) is 65.0 Å². The molecule has 0 radical (unpaired) electrons. The fourth-order valence-corrected chi connectivity index (χ4v) is 1.96. The van der Waals surface area contributed by atoms with E-state index in [9.17, 15) is 4.79 Å². The van der Waals surface area contributed by atoms with Gasteiger partial charge in [-0.2, -0.15) is 0 Å². The van der Waals surface area contributed by atoms with E-state index in [0.717, 1.165) is 5.69 Å². The van der Waals surface area contributed by atoms with Crippen molar-refractivity contribution in [2.45, 2.75) is 46.3 Å². The molecule has 0 fully saturated rings. The van der Waals surface area contributed by atoms with Crippen molar-refractivity contribution in [3.8, 4) is 0 Å². The first-order valence-electron chi connectivity index (χ1n) is 6.82. The van der Waals surface area contributed by atoms with Crippen molar-refractivity contribution in [2.75, 3.05) is 10.6 Å². The molecule has 0 aliphatic rings. The Bertz CT molecular complexity index is 510. The molecule has 0 saturated heterocycles. The van der Waals surface area contributed by atoms with Gasteiger partial charge >= 0.3 is 6.09 Å². The highest BCUT2D eigenvalue weighted by Crippen LogP contribution is 2.16. The summed E-state index contributed by atoms with van der Waals surface area (Å²) in [5.41, 5.74) is 1.32. The highest BCUT2D eigenvalue weighted by Gasteiger charge is 2.11. The number of thiocarbonyl (C=S) groups is 1. The quantitative estimate of drug-likeness (QED) is 0.743. The number of hydrogen-bond donors (Lipinski definition) is 3. The molecule has 0 saturated carbocycles. The Kier molecular flexibility index (Phi) is 5.96. The lowest BCUT2D eigenvalue weighted by Gasteiger charge is -2.23. The smallest absolute Gasteiger partial charge is 0.411 e. The summed E-state index contributed by atoms with van der Waals surface area (Å²) in [5.74, 6) is 0. The van der Waals surface area contributed by atoms with Crippen LogP contribution in [0.1, 0.15) is 34.6 Å². The Morgan fingerprint density at radius 3 is 2.29 bits per heavy atom. The zero-order chi connectivity index (χ0) is 16.0. The van der Waals surface area contributed by atoms with Crippen molar-refractivity contribution in [1.29, 1.82) is 0 Å². The van der Waals surface area contributed by atoms with Gasteiger partial charge in [0, 0.05) is 16.9 Å². The molecule has 21 heavy (non-hydrogen) atoms. The number of anilines is 2. The van der Waals surface area contributed by atoms with Gasteiger partial charge in [-0.15, -0.1) is 0 Å². The fourth-order valence-electron chi connectivity index (χ4n) is 1.54. The summed E-state index contributed by atoms with van der Waals surface area (Å²) in [5, 5.41) is 9.45. The Hall–Kier alpha value is -1.82. The van der Waals surface area contributed by atoms with Crippen LogP contribution >= 0.6 is 12.2 Å². The van der Waals surface area contributed by atoms with Gasteiger partial charge in [0.05, 0.1) is 6.10 Å². The standard InChI is InChI=1S/C15H23N3O2S/c1-10(2)20-14(19)17-12-8-6-7-11(9-12)16-13(21)18-15(3,4)5/h6-10H,1-5H3,(H,17,19)(H2,16,18,21). The zero-order valence-corrected chi connectivity index (χ0v) is 13.9. The minimum atomic E-state index is -0.474. The Morgan fingerprint density at radius 1 is 1.19 bits per heavy atom. The van der Waals surface area contributed by atoms with E-state index >= 15 is 0 Å². The molecular weight excluding hydrogens is 286 g/mol. The van der Waals surface area contributed by atoms with E-state index in [-0.39, 0.29) is 11.6 Å². The molecule has 1 rings (SSSR count). The first kappa shape index (κ1) is 17.2. The Morgan fingerprint density at radius 2 is 1.76 bits per heavy atom. The van der Waals surface area contributed by atoms with Gasteiger partial charge in [-0.1, -0.05) is 6.07 Å². The molecule has 1 amide bonds. The molecule has 0 aromatic heterocycles. The molecule has 0 unspecified atom stereocenters. The largest absolute Gasteiger partial charge is 0.447 e. The van der Waals surface area contributed by atoms with Crippen LogP contribution in [0.4, 0.5) is 16.2 Å². The van der Waals surface area contributed by atoms with Crippen LogP contribution in [0.3, 0.4) is 0 Å². The number of carbonyl (C=O) groups is 1. The number of hydrogen-bond acceptors (Lipinski definition) is 3. The predicted octanol–water partition coefficient (Wildman–Crippen LogP) is 3.73. The van der Waals surface area contributed by atoms with Gasteiger partial charge < -0.3 is 15.4 Å². The molecule has 1 aromatic carbocycles. The summed E-state index contributed by atoms with van der Waals surface area (Å²) >= 11 is 5.24. The fraction of sp³-hybridized carbons (Fsp3) is 0.467. The highest BCUT2D eigenvalue weighted by atomic mass is 32.1. The van der Waals surface area contributed by atoms with Gasteiger partial charge in [0.2, 0.25) is 0 Å².